The molecule has 1 aromatic carbocycles. The maximum absolute atomic E-state index is 12.2. The number of sulfonamides is 2. The molecule has 0 saturated carbocycles. The van der Waals surface area contributed by atoms with Gasteiger partial charge in [0.1, 0.15) is 4.90 Å². The van der Waals surface area contributed by atoms with Crippen LogP contribution in [-0.4, -0.2) is 41.2 Å². The maximum Gasteiger partial charge on any atom is 0.242 e. The lowest BCUT2D eigenvalue weighted by molar-refractivity contribution is 0.579. The minimum Gasteiger partial charge on any atom is -0.399 e. The first-order chi connectivity index (χ1) is 9.75. The predicted octanol–water partition coefficient (Wildman–Crippen LogP) is -0.422. The van der Waals surface area contributed by atoms with Crippen LogP contribution in [0.3, 0.4) is 0 Å². The summed E-state index contributed by atoms with van der Waals surface area (Å²) in [5, 5.41) is 0.457. The average molecular weight is 332 g/mol. The van der Waals surface area contributed by atoms with Crippen molar-refractivity contribution in [2.75, 3.05) is 25.1 Å². The molecule has 0 aliphatic carbocycles. The molecule has 0 bridgehead atoms. The number of fused-ring (bicyclic) bond motifs is 1. The molecule has 0 atom stereocenters. The lowest BCUT2D eigenvalue weighted by Crippen LogP contribution is -2.32. The zero-order valence-electron chi connectivity index (χ0n) is 11.3. The zero-order chi connectivity index (χ0) is 15.7. The predicted molar refractivity (Wildman–Crippen MR) is 80.7 cm³/mol. The van der Waals surface area contributed by atoms with Crippen LogP contribution in [0.4, 0.5) is 5.69 Å². The van der Waals surface area contributed by atoms with Gasteiger partial charge in [0.05, 0.1) is 5.75 Å². The Bertz CT molecular complexity index is 855. The number of aromatic nitrogens is 1. The fraction of sp³-hybridized carbons (Fsp3) is 0.273. The molecule has 2 rings (SSSR count). The van der Waals surface area contributed by atoms with E-state index >= 15 is 0 Å². The van der Waals surface area contributed by atoms with Crippen molar-refractivity contribution < 1.29 is 16.8 Å². The van der Waals surface area contributed by atoms with Crippen LogP contribution in [0.15, 0.2) is 29.3 Å². The van der Waals surface area contributed by atoms with Crippen molar-refractivity contribution >= 4 is 36.6 Å². The number of nitrogen functional groups attached to an aromatic ring is 1. The van der Waals surface area contributed by atoms with Crippen LogP contribution in [0.1, 0.15) is 0 Å². The number of hydrogen-bond donors (Lipinski definition) is 4. The minimum absolute atomic E-state index is 0.0339. The SMILES string of the molecule is CNS(=O)(=O)CCNS(=O)(=O)c1c[nH]c2ccc(N)cc12. The third-order valence-corrected chi connectivity index (χ3v) is 5.80. The topological polar surface area (TPSA) is 134 Å². The van der Waals surface area contributed by atoms with Gasteiger partial charge >= 0.3 is 0 Å². The van der Waals surface area contributed by atoms with Crippen molar-refractivity contribution in [2.45, 2.75) is 4.90 Å². The molecule has 1 heterocycles. The van der Waals surface area contributed by atoms with E-state index in [-0.39, 0.29) is 17.2 Å². The lowest BCUT2D eigenvalue weighted by atomic mass is 10.2. The quantitative estimate of drug-likeness (QED) is 0.533. The number of anilines is 1. The fourth-order valence-electron chi connectivity index (χ4n) is 1.83. The van der Waals surface area contributed by atoms with Crippen LogP contribution in [0, 0.1) is 0 Å². The van der Waals surface area contributed by atoms with Gasteiger partial charge in [0, 0.05) is 29.3 Å². The van der Waals surface area contributed by atoms with Gasteiger partial charge in [0.15, 0.2) is 0 Å². The third-order valence-electron chi connectivity index (χ3n) is 2.93. The van der Waals surface area contributed by atoms with Crippen LogP contribution in [0.5, 0.6) is 0 Å². The van der Waals surface area contributed by atoms with Gasteiger partial charge in [-0.1, -0.05) is 0 Å². The normalized spacial score (nSPS) is 12.8. The van der Waals surface area contributed by atoms with E-state index in [1.165, 1.54) is 13.2 Å². The molecule has 0 amide bonds. The minimum atomic E-state index is -3.82. The van der Waals surface area contributed by atoms with E-state index in [2.05, 4.69) is 14.4 Å². The summed E-state index contributed by atoms with van der Waals surface area (Å²) in [6.45, 7) is -0.222. The monoisotopic (exact) mass is 332 g/mol. The molecule has 0 aliphatic heterocycles. The number of rotatable bonds is 6. The highest BCUT2D eigenvalue weighted by Gasteiger charge is 2.19. The van der Waals surface area contributed by atoms with E-state index < -0.39 is 20.0 Å². The summed E-state index contributed by atoms with van der Waals surface area (Å²) < 4.78 is 51.3. The Morgan fingerprint density at radius 3 is 2.62 bits per heavy atom. The van der Waals surface area contributed by atoms with E-state index in [1.807, 2.05) is 0 Å². The fourth-order valence-corrected chi connectivity index (χ4v) is 3.73. The van der Waals surface area contributed by atoms with Crippen molar-refractivity contribution in [3.8, 4) is 0 Å². The van der Waals surface area contributed by atoms with E-state index in [4.69, 9.17) is 5.73 Å². The largest absolute Gasteiger partial charge is 0.399 e. The highest BCUT2D eigenvalue weighted by atomic mass is 32.2. The second-order valence-electron chi connectivity index (χ2n) is 4.38. The molecule has 0 aliphatic rings. The summed E-state index contributed by atoms with van der Waals surface area (Å²) >= 11 is 0. The van der Waals surface area contributed by atoms with Gasteiger partial charge in [-0.25, -0.2) is 26.3 Å². The van der Waals surface area contributed by atoms with Crippen LogP contribution in [0.25, 0.3) is 10.9 Å². The molecule has 21 heavy (non-hydrogen) atoms. The molecule has 0 radical (unpaired) electrons. The smallest absolute Gasteiger partial charge is 0.242 e. The highest BCUT2D eigenvalue weighted by Crippen LogP contribution is 2.24. The van der Waals surface area contributed by atoms with Gasteiger partial charge in [-0.15, -0.1) is 0 Å². The van der Waals surface area contributed by atoms with Gasteiger partial charge in [-0.05, 0) is 25.2 Å². The Kier molecular flexibility index (Phi) is 4.23. The van der Waals surface area contributed by atoms with E-state index in [1.54, 1.807) is 18.2 Å². The Hall–Kier alpha value is -1.62. The molecule has 0 fully saturated rings. The summed E-state index contributed by atoms with van der Waals surface area (Å²) in [4.78, 5) is 2.87. The van der Waals surface area contributed by atoms with Crippen molar-refractivity contribution in [1.82, 2.24) is 14.4 Å². The van der Waals surface area contributed by atoms with Crippen LogP contribution in [0.2, 0.25) is 0 Å². The van der Waals surface area contributed by atoms with Crippen molar-refractivity contribution in [3.63, 3.8) is 0 Å². The number of hydrogen-bond acceptors (Lipinski definition) is 5. The van der Waals surface area contributed by atoms with E-state index in [0.29, 0.717) is 16.6 Å². The molecule has 0 spiro atoms. The Morgan fingerprint density at radius 2 is 1.95 bits per heavy atom. The summed E-state index contributed by atoms with van der Waals surface area (Å²) in [5.74, 6) is -0.340. The van der Waals surface area contributed by atoms with Crippen molar-refractivity contribution in [2.24, 2.45) is 0 Å². The molecular formula is C11H16N4O4S2. The van der Waals surface area contributed by atoms with Crippen molar-refractivity contribution in [3.05, 3.63) is 24.4 Å². The second kappa shape index (κ2) is 5.64. The lowest BCUT2D eigenvalue weighted by Gasteiger charge is -2.06. The standard InChI is InChI=1S/C11H16N4O4S2/c1-13-20(16,17)5-4-15-21(18,19)11-7-14-10-3-2-8(12)6-9(10)11/h2-3,6-7,13-15H,4-5,12H2,1H3. The summed E-state index contributed by atoms with van der Waals surface area (Å²) in [7, 11) is -6.01. The highest BCUT2D eigenvalue weighted by molar-refractivity contribution is 7.90. The van der Waals surface area contributed by atoms with Crippen molar-refractivity contribution in [1.29, 1.82) is 0 Å². The number of aromatic amines is 1. The average Bonchev–Trinajstić information content (AvgIpc) is 2.82. The molecule has 0 unspecified atom stereocenters. The van der Waals surface area contributed by atoms with Gasteiger partial charge < -0.3 is 10.7 Å². The molecule has 0 saturated heterocycles. The maximum atomic E-state index is 12.2. The summed E-state index contributed by atoms with van der Waals surface area (Å²) in [5.41, 5.74) is 6.73. The van der Waals surface area contributed by atoms with Gasteiger partial charge in [0.2, 0.25) is 20.0 Å². The first kappa shape index (κ1) is 15.8. The third kappa shape index (κ3) is 3.53. The zero-order valence-corrected chi connectivity index (χ0v) is 12.9. The molecule has 10 heteroatoms. The Morgan fingerprint density at radius 1 is 1.24 bits per heavy atom. The molecular weight excluding hydrogens is 316 g/mol. The summed E-state index contributed by atoms with van der Waals surface area (Å²) in [6, 6.07) is 4.88. The van der Waals surface area contributed by atoms with Crippen LogP contribution < -0.4 is 15.2 Å². The second-order valence-corrected chi connectivity index (χ2v) is 8.16. The first-order valence-electron chi connectivity index (χ1n) is 6.03. The molecule has 116 valence electrons. The molecule has 1 aromatic heterocycles. The van der Waals surface area contributed by atoms with Crippen LogP contribution in [-0.2, 0) is 20.0 Å². The molecule has 2 aromatic rings. The number of benzene rings is 1. The number of H-pyrrole nitrogens is 1. The van der Waals surface area contributed by atoms with E-state index in [9.17, 15) is 16.8 Å². The molecule has 5 N–H and O–H groups in total. The molecule has 8 nitrogen and oxygen atoms in total. The number of nitrogens with two attached hydrogens (primary N) is 1. The van der Waals surface area contributed by atoms with Crippen LogP contribution >= 0.6 is 0 Å². The van der Waals surface area contributed by atoms with Gasteiger partial charge in [0.25, 0.3) is 0 Å². The van der Waals surface area contributed by atoms with Gasteiger partial charge in [-0.2, -0.15) is 0 Å². The summed E-state index contributed by atoms with van der Waals surface area (Å²) in [6.07, 6.45) is 1.35. The number of nitrogens with one attached hydrogen (secondary N) is 3. The first-order valence-corrected chi connectivity index (χ1v) is 9.16. The Labute approximate surface area is 122 Å². The Balaban J connectivity index is 2.24. The van der Waals surface area contributed by atoms with E-state index in [0.717, 1.165) is 0 Å². The van der Waals surface area contributed by atoms with Gasteiger partial charge in [-0.3, -0.25) is 0 Å².